The number of allylic oxidation sites excluding steroid dienone is 2. The smallest absolute Gasteiger partial charge is 0.213 e. The molecule has 1 aliphatic carbocycles. The maximum absolute atomic E-state index is 5.92. The summed E-state index contributed by atoms with van der Waals surface area (Å²) in [5.41, 5.74) is 1.13. The van der Waals surface area contributed by atoms with Crippen molar-refractivity contribution in [1.82, 2.24) is 10.3 Å². The van der Waals surface area contributed by atoms with Crippen LogP contribution in [0.1, 0.15) is 46.2 Å². The van der Waals surface area contributed by atoms with Gasteiger partial charge in [-0.2, -0.15) is 0 Å². The van der Waals surface area contributed by atoms with E-state index in [4.69, 9.17) is 4.74 Å². The molecule has 1 heterocycles. The molecule has 0 bridgehead atoms. The van der Waals surface area contributed by atoms with E-state index < -0.39 is 0 Å². The van der Waals surface area contributed by atoms with Crippen LogP contribution in [0.4, 0.5) is 0 Å². The Morgan fingerprint density at radius 3 is 2.71 bits per heavy atom. The van der Waals surface area contributed by atoms with Crippen LogP contribution in [0.3, 0.4) is 0 Å². The summed E-state index contributed by atoms with van der Waals surface area (Å²) in [4.78, 5) is 4.58. The number of rotatable bonds is 5. The normalized spacial score (nSPS) is 22.3. The number of aromatic nitrogens is 1. The number of hydrogen-bond donors (Lipinski definition) is 1. The lowest BCUT2D eigenvalue weighted by molar-refractivity contribution is 0.192. The molecule has 0 spiro atoms. The second-order valence-electron chi connectivity index (χ2n) is 7.06. The van der Waals surface area contributed by atoms with E-state index in [0.717, 1.165) is 37.6 Å². The van der Waals surface area contributed by atoms with Crippen molar-refractivity contribution in [2.75, 3.05) is 6.61 Å². The summed E-state index contributed by atoms with van der Waals surface area (Å²) >= 11 is 0. The van der Waals surface area contributed by atoms with Crippen molar-refractivity contribution in [3.8, 4) is 5.88 Å². The number of pyridine rings is 1. The third-order valence-electron chi connectivity index (χ3n) is 3.94. The molecular weight excluding hydrogens is 260 g/mol. The van der Waals surface area contributed by atoms with Crippen molar-refractivity contribution in [3.05, 3.63) is 36.0 Å². The lowest BCUT2D eigenvalue weighted by Gasteiger charge is -2.25. The van der Waals surface area contributed by atoms with Gasteiger partial charge in [-0.3, -0.25) is 0 Å². The van der Waals surface area contributed by atoms with Gasteiger partial charge in [-0.25, -0.2) is 4.98 Å². The zero-order valence-electron chi connectivity index (χ0n) is 13.7. The highest BCUT2D eigenvalue weighted by Crippen LogP contribution is 2.25. The Kier molecular flexibility index (Phi) is 5.40. The maximum Gasteiger partial charge on any atom is 0.213 e. The molecule has 1 N–H and O–H groups in total. The van der Waals surface area contributed by atoms with Crippen molar-refractivity contribution in [2.24, 2.45) is 11.8 Å². The zero-order chi connectivity index (χ0) is 15.3. The monoisotopic (exact) mass is 288 g/mol. The second kappa shape index (κ2) is 7.08. The molecule has 0 aliphatic heterocycles. The Bertz CT molecular complexity index is 476. The first-order valence-electron chi connectivity index (χ1n) is 7.93. The van der Waals surface area contributed by atoms with E-state index in [2.05, 4.69) is 50.1 Å². The van der Waals surface area contributed by atoms with Gasteiger partial charge in [0.15, 0.2) is 0 Å². The number of nitrogens with zero attached hydrogens (tertiary/aromatic N) is 1. The molecule has 1 aromatic rings. The van der Waals surface area contributed by atoms with Gasteiger partial charge in [-0.15, -0.1) is 0 Å². The van der Waals surface area contributed by atoms with Crippen LogP contribution in [0, 0.1) is 11.8 Å². The Hall–Kier alpha value is -1.35. The highest BCUT2D eigenvalue weighted by atomic mass is 16.5. The predicted octanol–water partition coefficient (Wildman–Crippen LogP) is 3.95. The Morgan fingerprint density at radius 2 is 2.00 bits per heavy atom. The summed E-state index contributed by atoms with van der Waals surface area (Å²) in [5, 5.41) is 3.45. The van der Waals surface area contributed by atoms with Gasteiger partial charge in [0.05, 0.1) is 12.3 Å². The lowest BCUT2D eigenvalue weighted by atomic mass is 9.85. The van der Waals surface area contributed by atoms with Crippen LogP contribution in [0.15, 0.2) is 30.4 Å². The van der Waals surface area contributed by atoms with Gasteiger partial charge in [-0.1, -0.05) is 25.1 Å². The summed E-state index contributed by atoms with van der Waals surface area (Å²) in [6.07, 6.45) is 6.83. The van der Waals surface area contributed by atoms with Gasteiger partial charge in [0.1, 0.15) is 0 Å². The van der Waals surface area contributed by atoms with E-state index in [1.807, 2.05) is 18.2 Å². The standard InChI is InChI=1S/C18H28N2O/c1-14-8-5-6-9-15(14)13-21-17-11-7-10-16(20-17)12-19-18(2,3)4/h5-7,10-11,14-15,19H,8-9,12-13H2,1-4H3. The Balaban J connectivity index is 1.87. The Labute approximate surface area is 128 Å². The van der Waals surface area contributed by atoms with Crippen molar-refractivity contribution in [2.45, 2.75) is 52.6 Å². The van der Waals surface area contributed by atoms with E-state index in [9.17, 15) is 0 Å². The van der Waals surface area contributed by atoms with Crippen LogP contribution in [-0.4, -0.2) is 17.1 Å². The molecule has 0 saturated heterocycles. The first-order chi connectivity index (χ1) is 9.94. The highest BCUT2D eigenvalue weighted by Gasteiger charge is 2.19. The van der Waals surface area contributed by atoms with Gasteiger partial charge < -0.3 is 10.1 Å². The van der Waals surface area contributed by atoms with Crippen molar-refractivity contribution >= 4 is 0 Å². The summed E-state index contributed by atoms with van der Waals surface area (Å²) < 4.78 is 5.92. The fourth-order valence-electron chi connectivity index (χ4n) is 2.42. The summed E-state index contributed by atoms with van der Waals surface area (Å²) in [7, 11) is 0. The van der Waals surface area contributed by atoms with Crippen molar-refractivity contribution < 1.29 is 4.74 Å². The molecule has 0 fully saturated rings. The summed E-state index contributed by atoms with van der Waals surface area (Å²) in [5.74, 6) is 2.04. The number of ether oxygens (including phenoxy) is 1. The van der Waals surface area contributed by atoms with Crippen molar-refractivity contribution in [3.63, 3.8) is 0 Å². The van der Waals surface area contributed by atoms with E-state index in [0.29, 0.717) is 11.8 Å². The molecule has 21 heavy (non-hydrogen) atoms. The highest BCUT2D eigenvalue weighted by molar-refractivity contribution is 5.16. The maximum atomic E-state index is 5.92. The average Bonchev–Trinajstić information content (AvgIpc) is 2.44. The zero-order valence-corrected chi connectivity index (χ0v) is 13.7. The first kappa shape index (κ1) is 16.0. The molecule has 116 valence electrons. The van der Waals surface area contributed by atoms with E-state index in [-0.39, 0.29) is 5.54 Å². The van der Waals surface area contributed by atoms with Crippen LogP contribution < -0.4 is 10.1 Å². The molecule has 2 rings (SSSR count). The minimum Gasteiger partial charge on any atom is -0.477 e. The number of hydrogen-bond acceptors (Lipinski definition) is 3. The third-order valence-corrected chi connectivity index (χ3v) is 3.94. The van der Waals surface area contributed by atoms with Gasteiger partial charge in [0.2, 0.25) is 5.88 Å². The summed E-state index contributed by atoms with van der Waals surface area (Å²) in [6, 6.07) is 6.01. The lowest BCUT2D eigenvalue weighted by Crippen LogP contribution is -2.35. The second-order valence-corrected chi connectivity index (χ2v) is 7.06. The average molecular weight is 288 g/mol. The minimum absolute atomic E-state index is 0.0996. The molecule has 0 saturated carbocycles. The SMILES string of the molecule is CC1CC=CCC1COc1cccc(CNC(C)(C)C)n1. The van der Waals surface area contributed by atoms with Crippen LogP contribution >= 0.6 is 0 Å². The van der Waals surface area contributed by atoms with Gasteiger partial charge in [-0.05, 0) is 51.5 Å². The topological polar surface area (TPSA) is 34.1 Å². The van der Waals surface area contributed by atoms with Gasteiger partial charge >= 0.3 is 0 Å². The molecule has 1 aromatic heterocycles. The van der Waals surface area contributed by atoms with E-state index in [1.54, 1.807) is 0 Å². The van der Waals surface area contributed by atoms with E-state index >= 15 is 0 Å². The van der Waals surface area contributed by atoms with Gasteiger partial charge in [0.25, 0.3) is 0 Å². The number of nitrogens with one attached hydrogen (secondary N) is 1. The molecule has 0 aromatic carbocycles. The molecule has 0 amide bonds. The first-order valence-corrected chi connectivity index (χ1v) is 7.93. The molecule has 3 heteroatoms. The molecule has 2 atom stereocenters. The molecule has 1 aliphatic rings. The molecule has 2 unspecified atom stereocenters. The third kappa shape index (κ3) is 5.50. The van der Waals surface area contributed by atoms with Gasteiger partial charge in [0, 0.05) is 18.2 Å². The minimum atomic E-state index is 0.0996. The van der Waals surface area contributed by atoms with E-state index in [1.165, 1.54) is 0 Å². The van der Waals surface area contributed by atoms with Crippen LogP contribution in [-0.2, 0) is 6.54 Å². The van der Waals surface area contributed by atoms with Crippen LogP contribution in [0.25, 0.3) is 0 Å². The largest absolute Gasteiger partial charge is 0.477 e. The fourth-order valence-corrected chi connectivity index (χ4v) is 2.42. The van der Waals surface area contributed by atoms with Crippen LogP contribution in [0.5, 0.6) is 5.88 Å². The fraction of sp³-hybridized carbons (Fsp3) is 0.611. The molecule has 0 radical (unpaired) electrons. The van der Waals surface area contributed by atoms with Crippen molar-refractivity contribution in [1.29, 1.82) is 0 Å². The predicted molar refractivity (Wildman–Crippen MR) is 87.4 cm³/mol. The molecular formula is C18H28N2O. The van der Waals surface area contributed by atoms with Crippen LogP contribution in [0.2, 0.25) is 0 Å². The Morgan fingerprint density at radius 1 is 1.24 bits per heavy atom. The molecule has 3 nitrogen and oxygen atoms in total. The quantitative estimate of drug-likeness (QED) is 0.833. The summed E-state index contributed by atoms with van der Waals surface area (Å²) in [6.45, 7) is 10.3.